The van der Waals surface area contributed by atoms with Gasteiger partial charge in [-0.2, -0.15) is 0 Å². The molecular formula is C25H34O4. The molecule has 0 aliphatic heterocycles. The molecule has 2 rings (SSSR count). The van der Waals surface area contributed by atoms with Crippen molar-refractivity contribution in [1.29, 1.82) is 0 Å². The number of unbranched alkanes of at least 4 members (excludes halogenated alkanes) is 5. The van der Waals surface area contributed by atoms with Crippen LogP contribution >= 0.6 is 0 Å². The van der Waals surface area contributed by atoms with Crippen molar-refractivity contribution in [3.8, 4) is 40.9 Å². The maximum atomic E-state index is 10.1. The van der Waals surface area contributed by atoms with Crippen molar-refractivity contribution in [1.82, 2.24) is 0 Å². The number of rotatable bonds is 8. The second-order valence-corrected chi connectivity index (χ2v) is 7.61. The van der Waals surface area contributed by atoms with Crippen LogP contribution in [-0.4, -0.2) is 30.5 Å². The van der Waals surface area contributed by atoms with Crippen LogP contribution in [0.15, 0.2) is 12.1 Å². The fraction of sp³-hybridized carbons (Fsp3) is 0.600. The van der Waals surface area contributed by atoms with Crippen LogP contribution in [0.25, 0.3) is 0 Å². The Morgan fingerprint density at radius 1 is 0.931 bits per heavy atom. The number of phenolic OH excluding ortho intramolecular Hbond substituents is 1. The van der Waals surface area contributed by atoms with Gasteiger partial charge in [-0.05, 0) is 43.7 Å². The fourth-order valence-corrected chi connectivity index (χ4v) is 3.66. The Hall–Kier alpha value is -2.30. The second kappa shape index (κ2) is 13.0. The minimum atomic E-state index is -0.428. The number of aliphatic hydroxyl groups is 1. The zero-order valence-electron chi connectivity index (χ0n) is 17.8. The molecule has 1 aromatic carbocycles. The Morgan fingerprint density at radius 2 is 1.52 bits per heavy atom. The van der Waals surface area contributed by atoms with Gasteiger partial charge in [0.15, 0.2) is 11.5 Å². The predicted octanol–water partition coefficient (Wildman–Crippen LogP) is 5.05. The first-order chi connectivity index (χ1) is 14.2. The van der Waals surface area contributed by atoms with Gasteiger partial charge in [-0.25, -0.2) is 0 Å². The Balaban J connectivity index is 1.62. The predicted molar refractivity (Wildman–Crippen MR) is 116 cm³/mol. The van der Waals surface area contributed by atoms with E-state index in [1.54, 1.807) is 12.1 Å². The van der Waals surface area contributed by atoms with E-state index < -0.39 is 6.10 Å². The molecule has 4 nitrogen and oxygen atoms in total. The van der Waals surface area contributed by atoms with Crippen LogP contribution in [0.5, 0.6) is 17.2 Å². The summed E-state index contributed by atoms with van der Waals surface area (Å²) < 4.78 is 10.3. The molecule has 0 amide bonds. The van der Waals surface area contributed by atoms with Crippen molar-refractivity contribution < 1.29 is 19.7 Å². The third-order valence-electron chi connectivity index (χ3n) is 5.41. The third kappa shape index (κ3) is 7.92. The zero-order valence-corrected chi connectivity index (χ0v) is 17.8. The zero-order chi connectivity index (χ0) is 20.9. The topological polar surface area (TPSA) is 58.9 Å². The van der Waals surface area contributed by atoms with Crippen LogP contribution in [0.3, 0.4) is 0 Å². The number of benzene rings is 1. The van der Waals surface area contributed by atoms with Gasteiger partial charge in [0.1, 0.15) is 6.10 Å². The van der Waals surface area contributed by atoms with Gasteiger partial charge >= 0.3 is 0 Å². The van der Waals surface area contributed by atoms with Crippen molar-refractivity contribution in [3.63, 3.8) is 0 Å². The highest BCUT2D eigenvalue weighted by Gasteiger charge is 2.19. The minimum absolute atomic E-state index is 0.00471. The van der Waals surface area contributed by atoms with Gasteiger partial charge in [0.05, 0.1) is 14.2 Å². The van der Waals surface area contributed by atoms with Crippen LogP contribution in [-0.2, 0) is 0 Å². The van der Waals surface area contributed by atoms with Gasteiger partial charge in [0, 0.05) is 18.4 Å². The molecule has 1 fully saturated rings. The average molecular weight is 399 g/mol. The molecule has 0 aromatic heterocycles. The van der Waals surface area contributed by atoms with E-state index in [1.807, 2.05) is 0 Å². The summed E-state index contributed by atoms with van der Waals surface area (Å²) in [6.07, 6.45) is 11.7. The summed E-state index contributed by atoms with van der Waals surface area (Å²) in [6.45, 7) is 0. The van der Waals surface area contributed by atoms with Gasteiger partial charge in [0.2, 0.25) is 5.75 Å². The van der Waals surface area contributed by atoms with Crippen molar-refractivity contribution >= 4 is 0 Å². The molecule has 0 spiro atoms. The van der Waals surface area contributed by atoms with Crippen molar-refractivity contribution in [2.24, 2.45) is 5.92 Å². The van der Waals surface area contributed by atoms with Crippen LogP contribution in [0.4, 0.5) is 0 Å². The summed E-state index contributed by atoms with van der Waals surface area (Å²) in [5.41, 5.74) is 0.767. The summed E-state index contributed by atoms with van der Waals surface area (Å²) in [7, 11) is 3.01. The van der Waals surface area contributed by atoms with E-state index in [2.05, 4.69) is 23.7 Å². The molecule has 0 heterocycles. The van der Waals surface area contributed by atoms with Crippen LogP contribution in [0.2, 0.25) is 0 Å². The molecule has 1 atom stereocenters. The lowest BCUT2D eigenvalue weighted by Gasteiger charge is -2.23. The largest absolute Gasteiger partial charge is 0.502 e. The van der Waals surface area contributed by atoms with Crippen molar-refractivity contribution in [3.05, 3.63) is 17.7 Å². The summed E-state index contributed by atoms with van der Waals surface area (Å²) in [5.74, 6) is 13.6. The average Bonchev–Trinajstić information content (AvgIpc) is 2.76. The number of hydrogen-bond acceptors (Lipinski definition) is 4. The van der Waals surface area contributed by atoms with Crippen LogP contribution in [0.1, 0.15) is 76.2 Å². The Kier molecular flexibility index (Phi) is 10.3. The number of phenols is 1. The van der Waals surface area contributed by atoms with E-state index in [9.17, 15) is 10.2 Å². The number of aromatic hydroxyl groups is 1. The Bertz CT molecular complexity index is 717. The van der Waals surface area contributed by atoms with Gasteiger partial charge in [-0.15, -0.1) is 5.92 Å². The Morgan fingerprint density at radius 3 is 2.10 bits per heavy atom. The van der Waals surface area contributed by atoms with E-state index >= 15 is 0 Å². The van der Waals surface area contributed by atoms with Gasteiger partial charge in [-0.3, -0.25) is 0 Å². The second-order valence-electron chi connectivity index (χ2n) is 7.61. The lowest BCUT2D eigenvalue weighted by Crippen LogP contribution is -2.21. The first-order valence-electron chi connectivity index (χ1n) is 10.8. The summed E-state index contributed by atoms with van der Waals surface area (Å²) in [6, 6.07) is 3.43. The number of methoxy groups -OCH3 is 2. The monoisotopic (exact) mass is 398 g/mol. The van der Waals surface area contributed by atoms with Crippen LogP contribution in [0, 0.1) is 29.6 Å². The van der Waals surface area contributed by atoms with E-state index in [1.165, 1.54) is 33.5 Å². The molecule has 1 aliphatic carbocycles. The molecule has 0 saturated heterocycles. The molecule has 1 saturated carbocycles. The van der Waals surface area contributed by atoms with Crippen LogP contribution < -0.4 is 9.47 Å². The molecule has 29 heavy (non-hydrogen) atoms. The maximum absolute atomic E-state index is 10.1. The number of aliphatic hydroxyl groups excluding tert-OH is 1. The van der Waals surface area contributed by atoms with E-state index in [-0.39, 0.29) is 5.75 Å². The normalized spacial score (nSPS) is 14.9. The Labute approximate surface area is 175 Å². The molecule has 0 bridgehead atoms. The molecule has 158 valence electrons. The van der Waals surface area contributed by atoms with E-state index in [0.717, 1.165) is 56.9 Å². The highest BCUT2D eigenvalue weighted by molar-refractivity contribution is 5.56. The number of ether oxygens (including phenoxy) is 2. The summed E-state index contributed by atoms with van der Waals surface area (Å²) in [4.78, 5) is 0. The summed E-state index contributed by atoms with van der Waals surface area (Å²) >= 11 is 0. The highest BCUT2D eigenvalue weighted by Crippen LogP contribution is 2.36. The molecule has 1 aliphatic rings. The first-order valence-corrected chi connectivity index (χ1v) is 10.8. The quantitative estimate of drug-likeness (QED) is 0.475. The van der Waals surface area contributed by atoms with Crippen molar-refractivity contribution in [2.45, 2.75) is 76.7 Å². The lowest BCUT2D eigenvalue weighted by atomic mass is 9.85. The first kappa shape index (κ1) is 23.0. The molecular weight excluding hydrogens is 364 g/mol. The third-order valence-corrected chi connectivity index (χ3v) is 5.41. The standard InChI is InChI=1S/C25H34O4/c1-28-23-18-20(19-24(29-2)25(23)27)14-10-7-5-3-4-6-8-13-17-22(26)21-15-11-9-12-16-21/h18-19,21-22,26-27H,3-9,11-12,15-16H2,1-2H3. The van der Waals surface area contributed by atoms with Gasteiger partial charge in [0.25, 0.3) is 0 Å². The van der Waals surface area contributed by atoms with E-state index in [4.69, 9.17) is 9.47 Å². The molecule has 0 radical (unpaired) electrons. The maximum Gasteiger partial charge on any atom is 0.200 e. The summed E-state index contributed by atoms with van der Waals surface area (Å²) in [5, 5.41) is 20.0. The van der Waals surface area contributed by atoms with Crippen molar-refractivity contribution in [2.75, 3.05) is 14.2 Å². The molecule has 4 heteroatoms. The molecule has 2 N–H and O–H groups in total. The number of hydrogen-bond donors (Lipinski definition) is 2. The van der Waals surface area contributed by atoms with Gasteiger partial charge < -0.3 is 19.7 Å². The fourth-order valence-electron chi connectivity index (χ4n) is 3.66. The highest BCUT2D eigenvalue weighted by atomic mass is 16.5. The molecule has 1 aromatic rings. The SMILES string of the molecule is COc1cc(C#CCCCCCCC#CC(O)C2CCCCC2)cc(OC)c1O. The smallest absolute Gasteiger partial charge is 0.200 e. The lowest BCUT2D eigenvalue weighted by molar-refractivity contribution is 0.133. The van der Waals surface area contributed by atoms with E-state index in [0.29, 0.717) is 17.4 Å². The molecule has 1 unspecified atom stereocenters. The van der Waals surface area contributed by atoms with Gasteiger partial charge in [-0.1, -0.05) is 49.9 Å². The minimum Gasteiger partial charge on any atom is -0.502 e.